The molecule has 1 aromatic carbocycles. The van der Waals surface area contributed by atoms with Crippen LogP contribution >= 0.6 is 0 Å². The maximum Gasteiger partial charge on any atom is 0.303 e. The van der Waals surface area contributed by atoms with E-state index in [0.717, 1.165) is 36.6 Å². The van der Waals surface area contributed by atoms with Crippen LogP contribution in [0.1, 0.15) is 43.6 Å². The van der Waals surface area contributed by atoms with Gasteiger partial charge < -0.3 is 5.11 Å². The number of halogens is 1. The molecule has 2 saturated carbocycles. The molecule has 0 amide bonds. The molecule has 2 unspecified atom stereocenters. The van der Waals surface area contributed by atoms with Crippen molar-refractivity contribution < 1.29 is 14.3 Å². The fourth-order valence-corrected chi connectivity index (χ4v) is 4.91. The Labute approximate surface area is 134 Å². The van der Waals surface area contributed by atoms with Crippen molar-refractivity contribution in [1.29, 1.82) is 0 Å². The van der Waals surface area contributed by atoms with Crippen LogP contribution in [-0.4, -0.2) is 16.1 Å². The van der Waals surface area contributed by atoms with Gasteiger partial charge in [0.2, 0.25) is 0 Å². The molecule has 0 spiro atoms. The van der Waals surface area contributed by atoms with Gasteiger partial charge in [-0.1, -0.05) is 0 Å². The first-order valence-corrected chi connectivity index (χ1v) is 8.36. The van der Waals surface area contributed by atoms with Crippen LogP contribution in [0.5, 0.6) is 0 Å². The molecule has 2 aliphatic rings. The van der Waals surface area contributed by atoms with Gasteiger partial charge in [-0.3, -0.25) is 9.78 Å². The van der Waals surface area contributed by atoms with Crippen molar-refractivity contribution in [2.24, 2.45) is 17.8 Å². The molecular weight excluding hydrogens is 293 g/mol. The molecule has 1 aromatic heterocycles. The van der Waals surface area contributed by atoms with Gasteiger partial charge in [-0.05, 0) is 79.2 Å². The summed E-state index contributed by atoms with van der Waals surface area (Å²) in [5.41, 5.74) is 2.06. The van der Waals surface area contributed by atoms with Crippen molar-refractivity contribution in [2.45, 2.75) is 38.0 Å². The molecule has 4 heteroatoms. The molecule has 2 aromatic rings. The normalized spacial score (nSPS) is 29.8. The number of nitrogens with zero attached hydrogens (tertiary/aromatic N) is 1. The number of fused-ring (bicyclic) bond motifs is 2. The van der Waals surface area contributed by atoms with Gasteiger partial charge in [-0.15, -0.1) is 0 Å². The Bertz CT molecular complexity index is 746. The van der Waals surface area contributed by atoms with E-state index in [1.807, 2.05) is 12.3 Å². The van der Waals surface area contributed by atoms with Gasteiger partial charge in [-0.2, -0.15) is 0 Å². The highest BCUT2D eigenvalue weighted by atomic mass is 19.1. The van der Waals surface area contributed by atoms with E-state index in [2.05, 4.69) is 4.98 Å². The Morgan fingerprint density at radius 3 is 2.61 bits per heavy atom. The van der Waals surface area contributed by atoms with Crippen molar-refractivity contribution in [3.05, 3.63) is 41.8 Å². The summed E-state index contributed by atoms with van der Waals surface area (Å²) in [4.78, 5) is 15.2. The van der Waals surface area contributed by atoms with E-state index >= 15 is 0 Å². The highest BCUT2D eigenvalue weighted by Gasteiger charge is 2.42. The summed E-state index contributed by atoms with van der Waals surface area (Å²) in [5, 5.41) is 9.90. The Hall–Kier alpha value is -1.97. The number of carbonyl (C=O) groups is 1. The molecule has 120 valence electrons. The highest BCUT2D eigenvalue weighted by molar-refractivity contribution is 5.82. The Morgan fingerprint density at radius 1 is 1.17 bits per heavy atom. The first-order valence-electron chi connectivity index (χ1n) is 8.36. The lowest BCUT2D eigenvalue weighted by Crippen LogP contribution is -2.06. The number of rotatable bonds is 3. The number of pyridine rings is 1. The van der Waals surface area contributed by atoms with Gasteiger partial charge in [-0.25, -0.2) is 4.39 Å². The zero-order valence-electron chi connectivity index (χ0n) is 12.9. The molecule has 0 bridgehead atoms. The van der Waals surface area contributed by atoms with E-state index in [1.165, 1.54) is 11.6 Å². The topological polar surface area (TPSA) is 50.2 Å². The van der Waals surface area contributed by atoms with Crippen molar-refractivity contribution in [3.8, 4) is 0 Å². The highest BCUT2D eigenvalue weighted by Crippen LogP contribution is 2.53. The average molecular weight is 313 g/mol. The lowest BCUT2D eigenvalue weighted by Gasteiger charge is -2.16. The minimum absolute atomic E-state index is 0.216. The van der Waals surface area contributed by atoms with E-state index in [0.29, 0.717) is 30.1 Å². The molecule has 2 fully saturated rings. The zero-order chi connectivity index (χ0) is 16.0. The third-order valence-electron chi connectivity index (χ3n) is 5.75. The Balaban J connectivity index is 1.56. The Kier molecular flexibility index (Phi) is 3.55. The van der Waals surface area contributed by atoms with Gasteiger partial charge in [0.15, 0.2) is 0 Å². The number of carboxylic acid groups (broad SMARTS) is 1. The summed E-state index contributed by atoms with van der Waals surface area (Å²) in [6, 6.07) is 6.83. The summed E-state index contributed by atoms with van der Waals surface area (Å²) in [5.74, 6) is 1.15. The van der Waals surface area contributed by atoms with E-state index in [9.17, 15) is 9.18 Å². The van der Waals surface area contributed by atoms with Crippen LogP contribution in [-0.2, 0) is 4.79 Å². The standard InChI is InChI=1S/C19H20FNO2/c20-15-1-2-18-17(10-15)16(3-4-21-18)14-8-12-5-11(7-19(22)23)6-13(12)9-14/h1-4,10-14H,5-9H2,(H,22,23)/t11-,12+,13?,14?/m0/s1. The van der Waals surface area contributed by atoms with Crippen LogP contribution in [0.4, 0.5) is 4.39 Å². The van der Waals surface area contributed by atoms with Gasteiger partial charge in [0.05, 0.1) is 5.52 Å². The number of aliphatic carboxylic acids is 1. The maximum absolute atomic E-state index is 13.6. The summed E-state index contributed by atoms with van der Waals surface area (Å²) < 4.78 is 13.6. The first kappa shape index (κ1) is 14.6. The molecule has 1 heterocycles. The second kappa shape index (κ2) is 5.59. The van der Waals surface area contributed by atoms with Gasteiger partial charge in [0, 0.05) is 18.0 Å². The van der Waals surface area contributed by atoms with Crippen molar-refractivity contribution in [1.82, 2.24) is 4.98 Å². The summed E-state index contributed by atoms with van der Waals surface area (Å²) >= 11 is 0. The fourth-order valence-electron chi connectivity index (χ4n) is 4.91. The zero-order valence-corrected chi connectivity index (χ0v) is 12.9. The predicted octanol–water partition coefficient (Wildman–Crippen LogP) is 4.37. The first-order chi connectivity index (χ1) is 11.1. The molecule has 1 N–H and O–H groups in total. The lowest BCUT2D eigenvalue weighted by atomic mass is 9.90. The monoisotopic (exact) mass is 313 g/mol. The predicted molar refractivity (Wildman–Crippen MR) is 85.6 cm³/mol. The molecule has 4 rings (SSSR count). The van der Waals surface area contributed by atoms with E-state index < -0.39 is 5.97 Å². The lowest BCUT2D eigenvalue weighted by molar-refractivity contribution is -0.138. The summed E-state index contributed by atoms with van der Waals surface area (Å²) in [6.45, 7) is 0. The fraction of sp³-hybridized carbons (Fsp3) is 0.474. The number of benzene rings is 1. The maximum atomic E-state index is 13.6. The molecule has 0 aliphatic heterocycles. The average Bonchev–Trinajstić information content (AvgIpc) is 3.04. The molecule has 23 heavy (non-hydrogen) atoms. The van der Waals surface area contributed by atoms with Gasteiger partial charge in [0.1, 0.15) is 5.82 Å². The molecule has 0 saturated heterocycles. The molecular formula is C19H20FNO2. The molecule has 4 atom stereocenters. The number of carboxylic acids is 1. The van der Waals surface area contributed by atoms with Crippen LogP contribution in [0.25, 0.3) is 10.9 Å². The van der Waals surface area contributed by atoms with Crippen LogP contribution in [0.3, 0.4) is 0 Å². The van der Waals surface area contributed by atoms with Crippen LogP contribution in [0.15, 0.2) is 30.5 Å². The van der Waals surface area contributed by atoms with Crippen LogP contribution < -0.4 is 0 Å². The number of aromatic nitrogens is 1. The van der Waals surface area contributed by atoms with Gasteiger partial charge >= 0.3 is 5.97 Å². The van der Waals surface area contributed by atoms with Crippen molar-refractivity contribution >= 4 is 16.9 Å². The number of hydrogen-bond acceptors (Lipinski definition) is 2. The SMILES string of the molecule is O=C(O)C[C@@H]1CC2CC(c3ccnc4ccc(F)cc34)C[C@H]2C1. The Morgan fingerprint density at radius 2 is 1.91 bits per heavy atom. The van der Waals surface area contributed by atoms with Crippen molar-refractivity contribution in [2.75, 3.05) is 0 Å². The molecule has 0 radical (unpaired) electrons. The van der Waals surface area contributed by atoms with E-state index in [-0.39, 0.29) is 5.82 Å². The van der Waals surface area contributed by atoms with E-state index in [4.69, 9.17) is 5.11 Å². The summed E-state index contributed by atoms with van der Waals surface area (Å²) in [6.07, 6.45) is 6.38. The smallest absolute Gasteiger partial charge is 0.303 e. The third-order valence-corrected chi connectivity index (χ3v) is 5.75. The largest absolute Gasteiger partial charge is 0.481 e. The minimum Gasteiger partial charge on any atom is -0.481 e. The second-order valence-electron chi connectivity index (χ2n) is 7.19. The molecule has 3 nitrogen and oxygen atoms in total. The van der Waals surface area contributed by atoms with Gasteiger partial charge in [0.25, 0.3) is 0 Å². The van der Waals surface area contributed by atoms with Crippen LogP contribution in [0.2, 0.25) is 0 Å². The quantitative estimate of drug-likeness (QED) is 0.915. The molecule has 2 aliphatic carbocycles. The number of hydrogen-bond donors (Lipinski definition) is 1. The third kappa shape index (κ3) is 2.71. The summed E-state index contributed by atoms with van der Waals surface area (Å²) in [7, 11) is 0. The second-order valence-corrected chi connectivity index (χ2v) is 7.19. The van der Waals surface area contributed by atoms with Crippen LogP contribution in [0, 0.1) is 23.6 Å². The van der Waals surface area contributed by atoms with Crippen molar-refractivity contribution in [3.63, 3.8) is 0 Å². The minimum atomic E-state index is -0.679. The van der Waals surface area contributed by atoms with E-state index in [1.54, 1.807) is 12.1 Å².